The molecule has 5 heteroatoms. The zero-order chi connectivity index (χ0) is 18.8. The number of phenolic OH excluding ortho intramolecular Hbond substituents is 1. The molecule has 0 heterocycles. The smallest absolute Gasteiger partial charge is 0.220 e. The molecule has 0 saturated heterocycles. The third-order valence-corrected chi connectivity index (χ3v) is 3.96. The molecule has 1 amide bonds. The van der Waals surface area contributed by atoms with Crippen molar-refractivity contribution in [1.82, 2.24) is 5.32 Å². The Hall–Kier alpha value is -2.69. The highest BCUT2D eigenvalue weighted by molar-refractivity contribution is 5.76. The van der Waals surface area contributed by atoms with Gasteiger partial charge in [0.1, 0.15) is 5.75 Å². The van der Waals surface area contributed by atoms with Crippen molar-refractivity contribution in [3.05, 3.63) is 53.6 Å². The molecule has 5 nitrogen and oxygen atoms in total. The molecule has 140 valence electrons. The van der Waals surface area contributed by atoms with Gasteiger partial charge in [0.25, 0.3) is 0 Å². The molecule has 2 aromatic rings. The summed E-state index contributed by atoms with van der Waals surface area (Å²) < 4.78 is 11.2. The summed E-state index contributed by atoms with van der Waals surface area (Å²) in [6.07, 6.45) is 1.59. The SMILES string of the molecule is CCOc1ccc(CCNC(=O)CCc2ccccc2O)cc1OCC. The van der Waals surface area contributed by atoms with Crippen LogP contribution in [-0.4, -0.2) is 30.8 Å². The van der Waals surface area contributed by atoms with Crippen molar-refractivity contribution in [1.29, 1.82) is 0 Å². The lowest BCUT2D eigenvalue weighted by Gasteiger charge is -2.12. The Morgan fingerprint density at radius 3 is 2.46 bits per heavy atom. The van der Waals surface area contributed by atoms with Crippen LogP contribution in [0.2, 0.25) is 0 Å². The van der Waals surface area contributed by atoms with Gasteiger partial charge in [0, 0.05) is 13.0 Å². The summed E-state index contributed by atoms with van der Waals surface area (Å²) in [5.74, 6) is 1.69. The first kappa shape index (κ1) is 19.6. The molecule has 26 heavy (non-hydrogen) atoms. The van der Waals surface area contributed by atoms with Crippen molar-refractivity contribution >= 4 is 5.91 Å². The summed E-state index contributed by atoms with van der Waals surface area (Å²) in [7, 11) is 0. The van der Waals surface area contributed by atoms with Gasteiger partial charge in [-0.3, -0.25) is 4.79 Å². The van der Waals surface area contributed by atoms with Crippen LogP contribution in [0, 0.1) is 0 Å². The number of benzene rings is 2. The zero-order valence-electron chi connectivity index (χ0n) is 15.5. The van der Waals surface area contributed by atoms with Gasteiger partial charge in [-0.25, -0.2) is 0 Å². The molecule has 0 aliphatic carbocycles. The van der Waals surface area contributed by atoms with Crippen LogP contribution >= 0.6 is 0 Å². The number of rotatable bonds is 10. The van der Waals surface area contributed by atoms with E-state index in [9.17, 15) is 9.90 Å². The lowest BCUT2D eigenvalue weighted by Crippen LogP contribution is -2.25. The monoisotopic (exact) mass is 357 g/mol. The van der Waals surface area contributed by atoms with E-state index in [0.717, 1.165) is 29.0 Å². The number of hydrogen-bond acceptors (Lipinski definition) is 4. The van der Waals surface area contributed by atoms with Crippen LogP contribution in [0.5, 0.6) is 17.2 Å². The molecular weight excluding hydrogens is 330 g/mol. The first-order valence-electron chi connectivity index (χ1n) is 9.06. The van der Waals surface area contributed by atoms with Gasteiger partial charge in [-0.2, -0.15) is 0 Å². The highest BCUT2D eigenvalue weighted by Gasteiger charge is 2.08. The Morgan fingerprint density at radius 2 is 1.73 bits per heavy atom. The number of carbonyl (C=O) groups excluding carboxylic acids is 1. The number of hydrogen-bond donors (Lipinski definition) is 2. The topological polar surface area (TPSA) is 67.8 Å². The van der Waals surface area contributed by atoms with Crippen molar-refractivity contribution < 1.29 is 19.4 Å². The minimum atomic E-state index is -0.0239. The third kappa shape index (κ3) is 5.99. The van der Waals surface area contributed by atoms with Crippen molar-refractivity contribution in [2.24, 2.45) is 0 Å². The van der Waals surface area contributed by atoms with E-state index in [-0.39, 0.29) is 11.7 Å². The fraction of sp³-hybridized carbons (Fsp3) is 0.381. The van der Waals surface area contributed by atoms with Crippen molar-refractivity contribution in [2.75, 3.05) is 19.8 Å². The van der Waals surface area contributed by atoms with Crippen LogP contribution in [0.4, 0.5) is 0 Å². The van der Waals surface area contributed by atoms with Gasteiger partial charge >= 0.3 is 0 Å². The van der Waals surface area contributed by atoms with E-state index >= 15 is 0 Å². The third-order valence-electron chi connectivity index (χ3n) is 3.96. The quantitative estimate of drug-likeness (QED) is 0.683. The van der Waals surface area contributed by atoms with Crippen LogP contribution in [0.3, 0.4) is 0 Å². The van der Waals surface area contributed by atoms with Gasteiger partial charge < -0.3 is 19.9 Å². The van der Waals surface area contributed by atoms with Crippen molar-refractivity contribution in [3.63, 3.8) is 0 Å². The molecule has 2 rings (SSSR count). The van der Waals surface area contributed by atoms with Gasteiger partial charge in [0.15, 0.2) is 11.5 Å². The van der Waals surface area contributed by atoms with Crippen LogP contribution in [0.15, 0.2) is 42.5 Å². The van der Waals surface area contributed by atoms with Gasteiger partial charge in [0.05, 0.1) is 13.2 Å². The van der Waals surface area contributed by atoms with Crippen LogP contribution in [0.25, 0.3) is 0 Å². The number of aromatic hydroxyl groups is 1. The first-order valence-corrected chi connectivity index (χ1v) is 9.06. The number of para-hydroxylation sites is 1. The summed E-state index contributed by atoms with van der Waals surface area (Å²) in [4.78, 5) is 12.0. The molecular formula is C21H27NO4. The Morgan fingerprint density at radius 1 is 1.00 bits per heavy atom. The fourth-order valence-electron chi connectivity index (χ4n) is 2.66. The normalized spacial score (nSPS) is 10.4. The number of phenols is 1. The van der Waals surface area contributed by atoms with E-state index in [4.69, 9.17) is 9.47 Å². The maximum absolute atomic E-state index is 12.0. The molecule has 0 aromatic heterocycles. The standard InChI is InChI=1S/C21H27NO4/c1-3-25-19-11-9-16(15-20(19)26-4-2)13-14-22-21(24)12-10-17-7-5-6-8-18(17)23/h5-9,11,15,23H,3-4,10,12-14H2,1-2H3,(H,22,24). The van der Waals surface area contributed by atoms with E-state index in [1.54, 1.807) is 12.1 Å². The number of amides is 1. The maximum atomic E-state index is 12.0. The Labute approximate surface area is 155 Å². The second-order valence-corrected chi connectivity index (χ2v) is 5.88. The summed E-state index contributed by atoms with van der Waals surface area (Å²) in [5.41, 5.74) is 1.87. The van der Waals surface area contributed by atoms with Crippen molar-refractivity contribution in [2.45, 2.75) is 33.1 Å². The van der Waals surface area contributed by atoms with E-state index < -0.39 is 0 Å². The van der Waals surface area contributed by atoms with E-state index in [2.05, 4.69) is 5.32 Å². The Bertz CT molecular complexity index is 715. The summed E-state index contributed by atoms with van der Waals surface area (Å²) >= 11 is 0. The average Bonchev–Trinajstić information content (AvgIpc) is 2.63. The summed E-state index contributed by atoms with van der Waals surface area (Å²) in [6.45, 7) is 5.60. The molecule has 0 aliphatic heterocycles. The fourth-order valence-corrected chi connectivity index (χ4v) is 2.66. The molecule has 0 spiro atoms. The van der Waals surface area contributed by atoms with Gasteiger partial charge in [0.2, 0.25) is 5.91 Å². The Kier molecular flexibility index (Phi) is 7.80. The van der Waals surface area contributed by atoms with Gasteiger partial charge in [-0.15, -0.1) is 0 Å². The number of aryl methyl sites for hydroxylation is 1. The van der Waals surface area contributed by atoms with E-state index in [0.29, 0.717) is 32.6 Å². The molecule has 0 unspecified atom stereocenters. The lowest BCUT2D eigenvalue weighted by atomic mass is 10.1. The largest absolute Gasteiger partial charge is 0.508 e. The predicted molar refractivity (Wildman–Crippen MR) is 102 cm³/mol. The van der Waals surface area contributed by atoms with Crippen LogP contribution < -0.4 is 14.8 Å². The van der Waals surface area contributed by atoms with Gasteiger partial charge in [-0.1, -0.05) is 24.3 Å². The molecule has 2 aromatic carbocycles. The lowest BCUT2D eigenvalue weighted by molar-refractivity contribution is -0.121. The van der Waals surface area contributed by atoms with E-state index in [1.807, 2.05) is 44.2 Å². The van der Waals surface area contributed by atoms with E-state index in [1.165, 1.54) is 0 Å². The summed E-state index contributed by atoms with van der Waals surface area (Å²) in [5, 5.41) is 12.6. The minimum Gasteiger partial charge on any atom is -0.508 e. The number of nitrogens with one attached hydrogen (secondary N) is 1. The average molecular weight is 357 g/mol. The number of ether oxygens (including phenoxy) is 2. The highest BCUT2D eigenvalue weighted by Crippen LogP contribution is 2.28. The van der Waals surface area contributed by atoms with Gasteiger partial charge in [-0.05, 0) is 56.0 Å². The maximum Gasteiger partial charge on any atom is 0.220 e. The van der Waals surface area contributed by atoms with Crippen LogP contribution in [-0.2, 0) is 17.6 Å². The van der Waals surface area contributed by atoms with Crippen molar-refractivity contribution in [3.8, 4) is 17.2 Å². The molecule has 0 fully saturated rings. The molecule has 0 saturated carbocycles. The minimum absolute atomic E-state index is 0.0239. The summed E-state index contributed by atoms with van der Waals surface area (Å²) in [6, 6.07) is 12.9. The highest BCUT2D eigenvalue weighted by atomic mass is 16.5. The molecule has 0 bridgehead atoms. The molecule has 2 N–H and O–H groups in total. The molecule has 0 aliphatic rings. The second kappa shape index (κ2) is 10.3. The zero-order valence-corrected chi connectivity index (χ0v) is 15.5. The molecule has 0 radical (unpaired) electrons. The number of carbonyl (C=O) groups is 1. The second-order valence-electron chi connectivity index (χ2n) is 5.88. The predicted octanol–water partition coefficient (Wildman–Crippen LogP) is 3.48. The Balaban J connectivity index is 1.80. The first-order chi connectivity index (χ1) is 12.6. The molecule has 0 atom stereocenters. The van der Waals surface area contributed by atoms with Crippen LogP contribution in [0.1, 0.15) is 31.4 Å².